The van der Waals surface area contributed by atoms with E-state index in [9.17, 15) is 18.4 Å². The number of carbonyl (C=O) groups is 2. The molecule has 24 heavy (non-hydrogen) atoms. The summed E-state index contributed by atoms with van der Waals surface area (Å²) in [6, 6.07) is 3.35. The van der Waals surface area contributed by atoms with Crippen LogP contribution in [0.3, 0.4) is 0 Å². The summed E-state index contributed by atoms with van der Waals surface area (Å²) in [7, 11) is 3.39. The van der Waals surface area contributed by atoms with Crippen LogP contribution in [0.2, 0.25) is 0 Å². The van der Waals surface area contributed by atoms with Crippen LogP contribution < -0.4 is 0 Å². The second-order valence-corrected chi connectivity index (χ2v) is 6.32. The number of halogens is 2. The van der Waals surface area contributed by atoms with E-state index in [1.54, 1.807) is 30.8 Å². The van der Waals surface area contributed by atoms with Crippen molar-refractivity contribution in [2.75, 3.05) is 40.3 Å². The standard InChI is InChI=1S/C17H23F2N3O2/c1-12(14-5-4-13(18)11-15(14)19)10-16(23)21-6-8-22(9-7-21)17(24)20(2)3/h4-5,11-12H,6-10H2,1-3H3/t12-/m0/s1. The summed E-state index contributed by atoms with van der Waals surface area (Å²) < 4.78 is 26.8. The van der Waals surface area contributed by atoms with Crippen molar-refractivity contribution in [1.82, 2.24) is 14.7 Å². The van der Waals surface area contributed by atoms with E-state index in [1.165, 1.54) is 17.0 Å². The van der Waals surface area contributed by atoms with Crippen LogP contribution in [0.4, 0.5) is 13.6 Å². The second-order valence-electron chi connectivity index (χ2n) is 6.32. The lowest BCUT2D eigenvalue weighted by molar-refractivity contribution is -0.133. The number of nitrogens with zero attached hydrogens (tertiary/aromatic N) is 3. The summed E-state index contributed by atoms with van der Waals surface area (Å²) in [5, 5.41) is 0. The Bertz CT molecular complexity index is 614. The highest BCUT2D eigenvalue weighted by atomic mass is 19.1. The van der Waals surface area contributed by atoms with Gasteiger partial charge in [0.15, 0.2) is 0 Å². The van der Waals surface area contributed by atoms with Gasteiger partial charge in [-0.05, 0) is 17.5 Å². The maximum absolute atomic E-state index is 13.8. The molecular weight excluding hydrogens is 316 g/mol. The van der Waals surface area contributed by atoms with Crippen LogP contribution in [0.1, 0.15) is 24.8 Å². The van der Waals surface area contributed by atoms with Gasteiger partial charge in [0.05, 0.1) is 0 Å². The van der Waals surface area contributed by atoms with E-state index >= 15 is 0 Å². The van der Waals surface area contributed by atoms with Crippen molar-refractivity contribution in [2.24, 2.45) is 0 Å². The molecule has 0 aliphatic carbocycles. The van der Waals surface area contributed by atoms with Gasteiger partial charge in [0.25, 0.3) is 0 Å². The largest absolute Gasteiger partial charge is 0.339 e. The highest BCUT2D eigenvalue weighted by Gasteiger charge is 2.26. The summed E-state index contributed by atoms with van der Waals surface area (Å²) >= 11 is 0. The maximum Gasteiger partial charge on any atom is 0.319 e. The number of hydrogen-bond donors (Lipinski definition) is 0. The number of piperazine rings is 1. The Morgan fingerprint density at radius 3 is 2.25 bits per heavy atom. The van der Waals surface area contributed by atoms with Gasteiger partial charge in [-0.3, -0.25) is 4.79 Å². The highest BCUT2D eigenvalue weighted by molar-refractivity contribution is 5.78. The predicted octanol–water partition coefficient (Wildman–Crippen LogP) is 2.28. The molecule has 1 heterocycles. The Labute approximate surface area is 140 Å². The lowest BCUT2D eigenvalue weighted by atomic mass is 9.96. The van der Waals surface area contributed by atoms with Crippen LogP contribution in [0.25, 0.3) is 0 Å². The van der Waals surface area contributed by atoms with Gasteiger partial charge in [-0.1, -0.05) is 13.0 Å². The van der Waals surface area contributed by atoms with Gasteiger partial charge < -0.3 is 14.7 Å². The lowest BCUT2D eigenvalue weighted by Gasteiger charge is -2.36. The first kappa shape index (κ1) is 18.2. The molecule has 1 aromatic carbocycles. The minimum atomic E-state index is -0.628. The number of urea groups is 1. The van der Waals surface area contributed by atoms with Crippen LogP contribution >= 0.6 is 0 Å². The van der Waals surface area contributed by atoms with Gasteiger partial charge in [-0.15, -0.1) is 0 Å². The van der Waals surface area contributed by atoms with Crippen molar-refractivity contribution in [3.05, 3.63) is 35.4 Å². The zero-order valence-electron chi connectivity index (χ0n) is 14.3. The van der Waals surface area contributed by atoms with Crippen molar-refractivity contribution in [3.8, 4) is 0 Å². The van der Waals surface area contributed by atoms with E-state index in [-0.39, 0.29) is 24.3 Å². The number of hydrogen-bond acceptors (Lipinski definition) is 2. The van der Waals surface area contributed by atoms with Crippen molar-refractivity contribution in [2.45, 2.75) is 19.3 Å². The molecule has 5 nitrogen and oxygen atoms in total. The number of benzene rings is 1. The van der Waals surface area contributed by atoms with Crippen molar-refractivity contribution in [3.63, 3.8) is 0 Å². The van der Waals surface area contributed by atoms with E-state index < -0.39 is 11.6 Å². The Morgan fingerprint density at radius 1 is 1.12 bits per heavy atom. The summed E-state index contributed by atoms with van der Waals surface area (Å²) in [6.07, 6.45) is 0.157. The first-order chi connectivity index (χ1) is 11.3. The Balaban J connectivity index is 1.90. The van der Waals surface area contributed by atoms with Crippen molar-refractivity contribution < 1.29 is 18.4 Å². The van der Waals surface area contributed by atoms with Gasteiger partial charge in [0, 0.05) is 52.8 Å². The molecule has 0 radical (unpaired) electrons. The molecule has 1 atom stereocenters. The zero-order valence-corrected chi connectivity index (χ0v) is 14.3. The predicted molar refractivity (Wildman–Crippen MR) is 86.6 cm³/mol. The fourth-order valence-corrected chi connectivity index (χ4v) is 2.83. The van der Waals surface area contributed by atoms with Gasteiger partial charge in [0.1, 0.15) is 11.6 Å². The molecule has 1 saturated heterocycles. The molecular formula is C17H23F2N3O2. The monoisotopic (exact) mass is 339 g/mol. The Hall–Kier alpha value is -2.18. The topological polar surface area (TPSA) is 43.9 Å². The molecule has 0 spiro atoms. The molecule has 1 aliphatic heterocycles. The van der Waals surface area contributed by atoms with E-state index in [1.807, 2.05) is 0 Å². The van der Waals surface area contributed by atoms with Gasteiger partial charge in [0.2, 0.25) is 5.91 Å². The van der Waals surface area contributed by atoms with Crippen molar-refractivity contribution >= 4 is 11.9 Å². The first-order valence-electron chi connectivity index (χ1n) is 7.98. The zero-order chi connectivity index (χ0) is 17.9. The molecule has 0 bridgehead atoms. The molecule has 3 amide bonds. The van der Waals surface area contributed by atoms with Crippen LogP contribution in [-0.2, 0) is 4.79 Å². The molecule has 1 aromatic rings. The van der Waals surface area contributed by atoms with Crippen LogP contribution in [0.5, 0.6) is 0 Å². The van der Waals surface area contributed by atoms with E-state index in [0.717, 1.165) is 6.07 Å². The summed E-state index contributed by atoms with van der Waals surface area (Å²) in [5.74, 6) is -1.67. The minimum Gasteiger partial charge on any atom is -0.339 e. The third-order valence-electron chi connectivity index (χ3n) is 4.26. The molecule has 7 heteroatoms. The molecule has 2 rings (SSSR count). The Morgan fingerprint density at radius 2 is 1.71 bits per heavy atom. The lowest BCUT2D eigenvalue weighted by Crippen LogP contribution is -2.53. The number of amides is 3. The average Bonchev–Trinajstić information content (AvgIpc) is 2.53. The van der Waals surface area contributed by atoms with Crippen molar-refractivity contribution in [1.29, 1.82) is 0 Å². The summed E-state index contributed by atoms with van der Waals surface area (Å²) in [6.45, 7) is 3.66. The third-order valence-corrected chi connectivity index (χ3v) is 4.26. The summed E-state index contributed by atoms with van der Waals surface area (Å²) in [4.78, 5) is 29.2. The van der Waals surface area contributed by atoms with Gasteiger partial charge >= 0.3 is 6.03 Å². The SMILES string of the molecule is C[C@@H](CC(=O)N1CCN(C(=O)N(C)C)CC1)c1ccc(F)cc1F. The van der Waals surface area contributed by atoms with Crippen LogP contribution in [-0.4, -0.2) is 66.9 Å². The fourth-order valence-electron chi connectivity index (χ4n) is 2.83. The average molecular weight is 339 g/mol. The number of rotatable bonds is 3. The fraction of sp³-hybridized carbons (Fsp3) is 0.529. The summed E-state index contributed by atoms with van der Waals surface area (Å²) in [5.41, 5.74) is 0.339. The molecule has 0 saturated carbocycles. The normalized spacial score (nSPS) is 16.0. The first-order valence-corrected chi connectivity index (χ1v) is 7.98. The molecule has 132 valence electrons. The van der Waals surface area contributed by atoms with Crippen LogP contribution in [0.15, 0.2) is 18.2 Å². The number of carbonyl (C=O) groups excluding carboxylic acids is 2. The Kier molecular flexibility index (Phi) is 5.75. The molecule has 0 N–H and O–H groups in total. The van der Waals surface area contributed by atoms with Gasteiger partial charge in [-0.2, -0.15) is 0 Å². The molecule has 0 unspecified atom stereocenters. The molecule has 0 aromatic heterocycles. The quantitative estimate of drug-likeness (QED) is 0.848. The van der Waals surface area contributed by atoms with E-state index in [4.69, 9.17) is 0 Å². The van der Waals surface area contributed by atoms with E-state index in [2.05, 4.69) is 0 Å². The third kappa shape index (κ3) is 4.21. The highest BCUT2D eigenvalue weighted by Crippen LogP contribution is 2.24. The van der Waals surface area contributed by atoms with Crippen LogP contribution in [0, 0.1) is 11.6 Å². The smallest absolute Gasteiger partial charge is 0.319 e. The minimum absolute atomic E-state index is 0.0659. The second kappa shape index (κ2) is 7.59. The van der Waals surface area contributed by atoms with Gasteiger partial charge in [-0.25, -0.2) is 13.6 Å². The molecule has 1 fully saturated rings. The maximum atomic E-state index is 13.8. The van der Waals surface area contributed by atoms with E-state index in [0.29, 0.717) is 31.7 Å². The molecule has 1 aliphatic rings.